The minimum atomic E-state index is 0.935. The van der Waals surface area contributed by atoms with Crippen LogP contribution in [-0.4, -0.2) is 0 Å². The van der Waals surface area contributed by atoms with Crippen LogP contribution in [-0.2, 0) is 0 Å². The third-order valence-electron chi connectivity index (χ3n) is 5.03. The van der Waals surface area contributed by atoms with E-state index in [0.29, 0.717) is 0 Å². The van der Waals surface area contributed by atoms with Crippen molar-refractivity contribution in [3.8, 4) is 22.3 Å². The lowest BCUT2D eigenvalue weighted by Gasteiger charge is -2.09. The fourth-order valence-electron chi connectivity index (χ4n) is 3.73. The normalized spacial score (nSPS) is 11.3. The Morgan fingerprint density at radius 2 is 1.23 bits per heavy atom. The van der Waals surface area contributed by atoms with E-state index in [1.165, 1.54) is 33.0 Å². The third kappa shape index (κ3) is 2.33. The van der Waals surface area contributed by atoms with Crippen LogP contribution in [0.25, 0.3) is 44.2 Å². The zero-order valence-electron chi connectivity index (χ0n) is 14.6. The Morgan fingerprint density at radius 3 is 2.12 bits per heavy atom. The summed E-state index contributed by atoms with van der Waals surface area (Å²) < 4.78 is 6.21. The summed E-state index contributed by atoms with van der Waals surface area (Å²) in [6.45, 7) is 2.15. The molecule has 0 radical (unpaired) electrons. The molecule has 0 amide bonds. The maximum absolute atomic E-state index is 6.21. The molecule has 0 unspecified atom stereocenters. The molecule has 26 heavy (non-hydrogen) atoms. The Kier molecular flexibility index (Phi) is 3.39. The van der Waals surface area contributed by atoms with Gasteiger partial charge in [0, 0.05) is 16.3 Å². The van der Waals surface area contributed by atoms with Gasteiger partial charge in [0.1, 0.15) is 11.2 Å². The highest BCUT2D eigenvalue weighted by Crippen LogP contribution is 2.37. The predicted molar refractivity (Wildman–Crippen MR) is 109 cm³/mol. The highest BCUT2D eigenvalue weighted by atomic mass is 16.3. The molecule has 0 aliphatic heterocycles. The van der Waals surface area contributed by atoms with E-state index < -0.39 is 0 Å². The molecule has 0 aliphatic carbocycles. The van der Waals surface area contributed by atoms with Gasteiger partial charge in [0.15, 0.2) is 0 Å². The van der Waals surface area contributed by atoms with Crippen LogP contribution >= 0.6 is 0 Å². The van der Waals surface area contributed by atoms with Crippen molar-refractivity contribution >= 4 is 21.9 Å². The summed E-state index contributed by atoms with van der Waals surface area (Å²) in [7, 11) is 0. The van der Waals surface area contributed by atoms with Crippen LogP contribution in [0.15, 0.2) is 95.4 Å². The molecule has 0 bridgehead atoms. The molecule has 0 N–H and O–H groups in total. The quantitative estimate of drug-likeness (QED) is 0.332. The van der Waals surface area contributed by atoms with E-state index in [0.717, 1.165) is 16.7 Å². The number of fused-ring (bicyclic) bond motifs is 3. The lowest BCUT2D eigenvalue weighted by Crippen LogP contribution is -1.84. The van der Waals surface area contributed by atoms with Gasteiger partial charge in [-0.25, -0.2) is 0 Å². The number of hydrogen-bond acceptors (Lipinski definition) is 1. The van der Waals surface area contributed by atoms with Crippen LogP contribution in [0.3, 0.4) is 0 Å². The predicted octanol–water partition coefficient (Wildman–Crippen LogP) is 7.23. The summed E-state index contributed by atoms with van der Waals surface area (Å²) in [5, 5.41) is 2.33. The van der Waals surface area contributed by atoms with Crippen molar-refractivity contribution in [1.82, 2.24) is 0 Å². The first-order chi connectivity index (χ1) is 12.8. The van der Waals surface area contributed by atoms with Crippen molar-refractivity contribution in [1.29, 1.82) is 0 Å². The maximum Gasteiger partial charge on any atom is 0.143 e. The summed E-state index contributed by atoms with van der Waals surface area (Å²) in [6, 6.07) is 31.8. The Morgan fingerprint density at radius 1 is 0.577 bits per heavy atom. The standard InChI is InChI=1S/C25H18O/c1-17-8-2-3-11-20(17)18-9-6-10-19(16-18)21-13-7-14-23-22-12-4-5-15-24(22)26-25(21)23/h2-16H,1H3. The van der Waals surface area contributed by atoms with Gasteiger partial charge in [-0.3, -0.25) is 0 Å². The fraction of sp³-hybridized carbons (Fsp3) is 0.0400. The molecule has 0 saturated carbocycles. The third-order valence-corrected chi connectivity index (χ3v) is 5.03. The number of aryl methyl sites for hydroxylation is 1. The number of rotatable bonds is 2. The van der Waals surface area contributed by atoms with Crippen molar-refractivity contribution in [3.05, 3.63) is 96.6 Å². The van der Waals surface area contributed by atoms with Gasteiger partial charge in [0.05, 0.1) is 0 Å². The summed E-state index contributed by atoms with van der Waals surface area (Å²) in [6.07, 6.45) is 0. The van der Waals surface area contributed by atoms with E-state index in [4.69, 9.17) is 4.42 Å². The zero-order valence-corrected chi connectivity index (χ0v) is 14.6. The van der Waals surface area contributed by atoms with Crippen molar-refractivity contribution in [2.45, 2.75) is 6.92 Å². The van der Waals surface area contributed by atoms with E-state index in [1.807, 2.05) is 12.1 Å². The van der Waals surface area contributed by atoms with Crippen molar-refractivity contribution in [2.24, 2.45) is 0 Å². The van der Waals surface area contributed by atoms with E-state index in [-0.39, 0.29) is 0 Å². The first-order valence-electron chi connectivity index (χ1n) is 8.88. The molecule has 5 rings (SSSR count). The smallest absolute Gasteiger partial charge is 0.143 e. The van der Waals surface area contributed by atoms with E-state index in [9.17, 15) is 0 Å². The number of para-hydroxylation sites is 2. The second-order valence-electron chi connectivity index (χ2n) is 6.68. The zero-order chi connectivity index (χ0) is 17.5. The van der Waals surface area contributed by atoms with E-state index in [2.05, 4.69) is 85.8 Å². The molecule has 0 fully saturated rings. The van der Waals surface area contributed by atoms with Crippen LogP contribution in [0.5, 0.6) is 0 Å². The second kappa shape index (κ2) is 5.89. The lowest BCUT2D eigenvalue weighted by molar-refractivity contribution is 0.670. The lowest BCUT2D eigenvalue weighted by atomic mass is 9.96. The Bertz CT molecular complexity index is 1240. The molecular formula is C25H18O. The molecule has 1 heterocycles. The Balaban J connectivity index is 1.74. The van der Waals surface area contributed by atoms with Gasteiger partial charge in [-0.05, 0) is 41.3 Å². The monoisotopic (exact) mass is 334 g/mol. The number of benzene rings is 4. The summed E-state index contributed by atoms with van der Waals surface area (Å²) >= 11 is 0. The average Bonchev–Trinajstić information content (AvgIpc) is 3.07. The number of furan rings is 1. The summed E-state index contributed by atoms with van der Waals surface area (Å²) in [5.74, 6) is 0. The Labute approximate surface area is 152 Å². The molecule has 5 aromatic rings. The van der Waals surface area contributed by atoms with Crippen LogP contribution < -0.4 is 0 Å². The molecule has 1 heteroatoms. The van der Waals surface area contributed by atoms with Crippen molar-refractivity contribution in [2.75, 3.05) is 0 Å². The molecule has 0 spiro atoms. The minimum Gasteiger partial charge on any atom is -0.455 e. The van der Waals surface area contributed by atoms with Gasteiger partial charge < -0.3 is 4.42 Å². The molecule has 1 aromatic heterocycles. The highest BCUT2D eigenvalue weighted by Gasteiger charge is 2.12. The SMILES string of the molecule is Cc1ccccc1-c1cccc(-c2cccc3c2oc2ccccc23)c1. The van der Waals surface area contributed by atoms with Crippen LogP contribution in [0, 0.1) is 6.92 Å². The van der Waals surface area contributed by atoms with Gasteiger partial charge in [-0.2, -0.15) is 0 Å². The van der Waals surface area contributed by atoms with Crippen LogP contribution in [0.4, 0.5) is 0 Å². The molecule has 124 valence electrons. The highest BCUT2D eigenvalue weighted by molar-refractivity contribution is 6.09. The van der Waals surface area contributed by atoms with Gasteiger partial charge in [-0.1, -0.05) is 78.9 Å². The molecular weight excluding hydrogens is 316 g/mol. The molecule has 0 atom stereocenters. The second-order valence-corrected chi connectivity index (χ2v) is 6.68. The largest absolute Gasteiger partial charge is 0.455 e. The van der Waals surface area contributed by atoms with E-state index >= 15 is 0 Å². The first-order valence-corrected chi connectivity index (χ1v) is 8.88. The van der Waals surface area contributed by atoms with Gasteiger partial charge >= 0.3 is 0 Å². The van der Waals surface area contributed by atoms with E-state index in [1.54, 1.807) is 0 Å². The maximum atomic E-state index is 6.21. The van der Waals surface area contributed by atoms with Crippen molar-refractivity contribution < 1.29 is 4.42 Å². The van der Waals surface area contributed by atoms with Crippen molar-refractivity contribution in [3.63, 3.8) is 0 Å². The topological polar surface area (TPSA) is 13.1 Å². The first kappa shape index (κ1) is 15.0. The minimum absolute atomic E-state index is 0.935. The van der Waals surface area contributed by atoms with Crippen LogP contribution in [0.2, 0.25) is 0 Å². The van der Waals surface area contributed by atoms with Gasteiger partial charge in [0.25, 0.3) is 0 Å². The fourth-order valence-corrected chi connectivity index (χ4v) is 3.73. The van der Waals surface area contributed by atoms with Gasteiger partial charge in [-0.15, -0.1) is 0 Å². The number of hydrogen-bond donors (Lipinski definition) is 0. The summed E-state index contributed by atoms with van der Waals surface area (Å²) in [5.41, 5.74) is 7.98. The molecule has 4 aromatic carbocycles. The Hall–Kier alpha value is -3.32. The summed E-state index contributed by atoms with van der Waals surface area (Å²) in [4.78, 5) is 0. The van der Waals surface area contributed by atoms with Crippen LogP contribution in [0.1, 0.15) is 5.56 Å². The average molecular weight is 334 g/mol. The molecule has 1 nitrogen and oxygen atoms in total. The van der Waals surface area contributed by atoms with Gasteiger partial charge in [0.2, 0.25) is 0 Å². The molecule has 0 aliphatic rings. The molecule has 0 saturated heterocycles.